The van der Waals surface area contributed by atoms with Crippen LogP contribution in [0, 0.1) is 0 Å². The van der Waals surface area contributed by atoms with Crippen molar-refractivity contribution < 1.29 is 19.0 Å². The fraction of sp³-hybridized carbons (Fsp3) is 0.235. The topological polar surface area (TPSA) is 44.8 Å². The molecule has 0 spiro atoms. The van der Waals surface area contributed by atoms with Gasteiger partial charge in [0.1, 0.15) is 17.2 Å². The standard InChI is InChI=1S/C17H18O4/c1-19-16-10-9-15(21-14-6-4-3-5-7-14)12-13(16)8-11-17(18)20-2/h3-7,9-10,12H,8,11H2,1-2H3. The zero-order valence-corrected chi connectivity index (χ0v) is 12.2. The lowest BCUT2D eigenvalue weighted by atomic mass is 10.1. The molecule has 0 aliphatic rings. The van der Waals surface area contributed by atoms with Gasteiger partial charge < -0.3 is 14.2 Å². The molecule has 4 heteroatoms. The summed E-state index contributed by atoms with van der Waals surface area (Å²) < 4.78 is 15.7. The van der Waals surface area contributed by atoms with E-state index < -0.39 is 0 Å². The van der Waals surface area contributed by atoms with E-state index >= 15 is 0 Å². The van der Waals surface area contributed by atoms with E-state index in [4.69, 9.17) is 9.47 Å². The highest BCUT2D eigenvalue weighted by molar-refractivity contribution is 5.69. The van der Waals surface area contributed by atoms with Gasteiger partial charge in [0.15, 0.2) is 0 Å². The van der Waals surface area contributed by atoms with Gasteiger partial charge in [-0.1, -0.05) is 18.2 Å². The number of para-hydroxylation sites is 1. The van der Waals surface area contributed by atoms with Crippen LogP contribution in [0.25, 0.3) is 0 Å². The SMILES string of the molecule is COC(=O)CCc1cc(Oc2ccccc2)ccc1OC. The smallest absolute Gasteiger partial charge is 0.305 e. The van der Waals surface area contributed by atoms with Gasteiger partial charge in [-0.25, -0.2) is 0 Å². The van der Waals surface area contributed by atoms with Crippen molar-refractivity contribution in [3.63, 3.8) is 0 Å². The first-order valence-electron chi connectivity index (χ1n) is 6.69. The van der Waals surface area contributed by atoms with Gasteiger partial charge in [-0.2, -0.15) is 0 Å². The second-order valence-electron chi connectivity index (χ2n) is 4.46. The molecule has 0 atom stereocenters. The molecule has 2 aromatic rings. The molecule has 2 aromatic carbocycles. The highest BCUT2D eigenvalue weighted by atomic mass is 16.5. The number of methoxy groups -OCH3 is 2. The predicted octanol–water partition coefficient (Wildman–Crippen LogP) is 3.59. The number of esters is 1. The van der Waals surface area contributed by atoms with E-state index in [9.17, 15) is 4.79 Å². The molecular weight excluding hydrogens is 268 g/mol. The van der Waals surface area contributed by atoms with Crippen LogP contribution in [0.5, 0.6) is 17.2 Å². The van der Waals surface area contributed by atoms with Gasteiger partial charge in [-0.05, 0) is 42.3 Å². The molecule has 0 saturated heterocycles. The van der Waals surface area contributed by atoms with Crippen LogP contribution in [0.2, 0.25) is 0 Å². The highest BCUT2D eigenvalue weighted by Crippen LogP contribution is 2.28. The van der Waals surface area contributed by atoms with E-state index in [-0.39, 0.29) is 5.97 Å². The molecule has 0 radical (unpaired) electrons. The van der Waals surface area contributed by atoms with Crippen molar-refractivity contribution in [2.24, 2.45) is 0 Å². The van der Waals surface area contributed by atoms with Gasteiger partial charge in [0, 0.05) is 6.42 Å². The zero-order chi connectivity index (χ0) is 15.1. The Morgan fingerprint density at radius 3 is 2.43 bits per heavy atom. The minimum atomic E-state index is -0.244. The van der Waals surface area contributed by atoms with Crippen molar-refractivity contribution >= 4 is 5.97 Å². The second kappa shape index (κ2) is 7.33. The van der Waals surface area contributed by atoms with E-state index in [0.717, 1.165) is 17.1 Å². The molecule has 0 fully saturated rings. The Kier molecular flexibility index (Phi) is 5.21. The summed E-state index contributed by atoms with van der Waals surface area (Å²) in [5.74, 6) is 1.97. The summed E-state index contributed by atoms with van der Waals surface area (Å²) in [4.78, 5) is 11.3. The van der Waals surface area contributed by atoms with Crippen molar-refractivity contribution in [1.29, 1.82) is 0 Å². The van der Waals surface area contributed by atoms with Gasteiger partial charge in [0.25, 0.3) is 0 Å². The number of benzene rings is 2. The number of hydrogen-bond donors (Lipinski definition) is 0. The summed E-state index contributed by atoms with van der Waals surface area (Å²) in [7, 11) is 2.99. The summed E-state index contributed by atoms with van der Waals surface area (Å²) in [6.07, 6.45) is 0.851. The first-order valence-corrected chi connectivity index (χ1v) is 6.69. The highest BCUT2D eigenvalue weighted by Gasteiger charge is 2.09. The molecule has 21 heavy (non-hydrogen) atoms. The van der Waals surface area contributed by atoms with Crippen molar-refractivity contribution in [2.45, 2.75) is 12.8 Å². The summed E-state index contributed by atoms with van der Waals surface area (Å²) in [5, 5.41) is 0. The third-order valence-electron chi connectivity index (χ3n) is 3.06. The van der Waals surface area contributed by atoms with Crippen molar-refractivity contribution in [2.75, 3.05) is 14.2 Å². The van der Waals surface area contributed by atoms with E-state index in [1.54, 1.807) is 7.11 Å². The Labute approximate surface area is 124 Å². The third kappa shape index (κ3) is 4.24. The summed E-state index contributed by atoms with van der Waals surface area (Å²) in [5.41, 5.74) is 0.913. The van der Waals surface area contributed by atoms with E-state index in [2.05, 4.69) is 4.74 Å². The Bertz CT molecular complexity index is 593. The van der Waals surface area contributed by atoms with Crippen LogP contribution in [0.15, 0.2) is 48.5 Å². The summed E-state index contributed by atoms with van der Waals surface area (Å²) >= 11 is 0. The first-order chi connectivity index (χ1) is 10.2. The monoisotopic (exact) mass is 286 g/mol. The van der Waals surface area contributed by atoms with Gasteiger partial charge in [0.05, 0.1) is 14.2 Å². The number of aryl methyl sites for hydroxylation is 1. The molecular formula is C17H18O4. The van der Waals surface area contributed by atoms with Crippen molar-refractivity contribution in [3.8, 4) is 17.2 Å². The minimum Gasteiger partial charge on any atom is -0.496 e. The van der Waals surface area contributed by atoms with Crippen LogP contribution >= 0.6 is 0 Å². The number of carbonyl (C=O) groups excluding carboxylic acids is 1. The minimum absolute atomic E-state index is 0.244. The molecule has 0 bridgehead atoms. The normalized spacial score (nSPS) is 10.0. The van der Waals surface area contributed by atoms with Crippen LogP contribution in [-0.4, -0.2) is 20.2 Å². The van der Waals surface area contributed by atoms with E-state index in [1.165, 1.54) is 7.11 Å². The fourth-order valence-corrected chi connectivity index (χ4v) is 1.98. The first kappa shape index (κ1) is 14.9. The maximum Gasteiger partial charge on any atom is 0.305 e. The molecule has 0 heterocycles. The van der Waals surface area contributed by atoms with Gasteiger partial charge >= 0.3 is 5.97 Å². The molecule has 0 N–H and O–H groups in total. The number of rotatable bonds is 6. The zero-order valence-electron chi connectivity index (χ0n) is 12.2. The molecule has 0 unspecified atom stereocenters. The average Bonchev–Trinajstić information content (AvgIpc) is 2.53. The molecule has 0 aliphatic carbocycles. The largest absolute Gasteiger partial charge is 0.496 e. The van der Waals surface area contributed by atoms with Crippen LogP contribution in [0.4, 0.5) is 0 Å². The molecule has 0 aliphatic heterocycles. The molecule has 4 nitrogen and oxygen atoms in total. The van der Waals surface area contributed by atoms with Crippen LogP contribution in [0.3, 0.4) is 0 Å². The molecule has 110 valence electrons. The number of carbonyl (C=O) groups is 1. The maximum absolute atomic E-state index is 11.3. The fourth-order valence-electron chi connectivity index (χ4n) is 1.98. The lowest BCUT2D eigenvalue weighted by Crippen LogP contribution is -2.03. The molecule has 0 amide bonds. The maximum atomic E-state index is 11.3. The van der Waals surface area contributed by atoms with E-state index in [1.807, 2.05) is 48.5 Å². The quantitative estimate of drug-likeness (QED) is 0.761. The Morgan fingerprint density at radius 2 is 1.76 bits per heavy atom. The average molecular weight is 286 g/mol. The van der Waals surface area contributed by atoms with Crippen molar-refractivity contribution in [3.05, 3.63) is 54.1 Å². The van der Waals surface area contributed by atoms with E-state index in [0.29, 0.717) is 18.6 Å². The summed E-state index contributed by atoms with van der Waals surface area (Å²) in [6.45, 7) is 0. The Morgan fingerprint density at radius 1 is 1.00 bits per heavy atom. The van der Waals surface area contributed by atoms with Crippen LogP contribution in [0.1, 0.15) is 12.0 Å². The lowest BCUT2D eigenvalue weighted by Gasteiger charge is -2.11. The Balaban J connectivity index is 2.14. The van der Waals surface area contributed by atoms with Gasteiger partial charge in [-0.15, -0.1) is 0 Å². The second-order valence-corrected chi connectivity index (χ2v) is 4.46. The molecule has 0 saturated carbocycles. The predicted molar refractivity (Wildman–Crippen MR) is 79.8 cm³/mol. The number of hydrogen-bond acceptors (Lipinski definition) is 4. The molecule has 0 aromatic heterocycles. The lowest BCUT2D eigenvalue weighted by molar-refractivity contribution is -0.140. The van der Waals surface area contributed by atoms with Gasteiger partial charge in [-0.3, -0.25) is 4.79 Å². The Hall–Kier alpha value is -2.49. The van der Waals surface area contributed by atoms with Crippen molar-refractivity contribution in [1.82, 2.24) is 0 Å². The van der Waals surface area contributed by atoms with Crippen LogP contribution in [-0.2, 0) is 16.0 Å². The molecule has 2 rings (SSSR count). The third-order valence-corrected chi connectivity index (χ3v) is 3.06. The van der Waals surface area contributed by atoms with Crippen LogP contribution < -0.4 is 9.47 Å². The number of ether oxygens (including phenoxy) is 3. The van der Waals surface area contributed by atoms with Gasteiger partial charge in [0.2, 0.25) is 0 Å². The summed E-state index contributed by atoms with van der Waals surface area (Å²) in [6, 6.07) is 15.1.